The van der Waals surface area contributed by atoms with Crippen LogP contribution in [0.15, 0.2) is 57.2 Å². The second kappa shape index (κ2) is 6.68. The summed E-state index contributed by atoms with van der Waals surface area (Å²) in [5.74, 6) is -0.924. The van der Waals surface area contributed by atoms with E-state index in [4.69, 9.17) is 0 Å². The molecule has 0 atom stereocenters. The fourth-order valence-electron chi connectivity index (χ4n) is 2.68. The number of amides is 1. The Hall–Kier alpha value is -2.67. The maximum absolute atomic E-state index is 12.2. The Balaban J connectivity index is 2.06. The Morgan fingerprint density at radius 1 is 1.16 bits per heavy atom. The van der Waals surface area contributed by atoms with Crippen molar-refractivity contribution in [1.29, 1.82) is 0 Å². The van der Waals surface area contributed by atoms with E-state index in [2.05, 4.69) is 26.2 Å². The lowest BCUT2D eigenvalue weighted by atomic mass is 10.2. The number of aromatic nitrogens is 1. The molecule has 1 aromatic heterocycles. The minimum absolute atomic E-state index is 0.0127. The molecule has 0 fully saturated rings. The predicted molar refractivity (Wildman–Crippen MR) is 98.6 cm³/mol. The number of benzene rings is 2. The van der Waals surface area contributed by atoms with Gasteiger partial charge in [-0.25, -0.2) is 0 Å². The number of phenols is 1. The molecule has 0 radical (unpaired) electrons. The second-order valence-corrected chi connectivity index (χ2v) is 6.74. The van der Waals surface area contributed by atoms with E-state index >= 15 is 0 Å². The first kappa shape index (κ1) is 17.2. The van der Waals surface area contributed by atoms with Crippen LogP contribution in [-0.4, -0.2) is 20.7 Å². The lowest BCUT2D eigenvalue weighted by Crippen LogP contribution is -1.98. The summed E-state index contributed by atoms with van der Waals surface area (Å²) < 4.78 is 2.37. The van der Waals surface area contributed by atoms with Crippen molar-refractivity contribution in [3.05, 3.63) is 52.5 Å². The summed E-state index contributed by atoms with van der Waals surface area (Å²) in [6, 6.07) is 11.9. The fraction of sp³-hybridized carbons (Fsp3) is 0.167. The maximum atomic E-state index is 12.2. The third-order valence-corrected chi connectivity index (χ3v) is 4.30. The number of nitrogens with zero attached hydrogens (tertiary/aromatic N) is 3. The van der Waals surface area contributed by atoms with Crippen LogP contribution in [0, 0.1) is 0 Å². The molecule has 2 N–H and O–H groups in total. The molecule has 6 nitrogen and oxygen atoms in total. The van der Waals surface area contributed by atoms with Crippen molar-refractivity contribution in [3.63, 3.8) is 0 Å². The minimum Gasteiger partial charge on any atom is -0.507 e. The van der Waals surface area contributed by atoms with Crippen LogP contribution < -0.4 is 0 Å². The zero-order valence-corrected chi connectivity index (χ0v) is 15.2. The first-order valence-corrected chi connectivity index (χ1v) is 8.46. The van der Waals surface area contributed by atoms with Crippen LogP contribution in [0.3, 0.4) is 0 Å². The molecule has 3 aromatic rings. The molecule has 0 unspecified atom stereocenters. The molecule has 0 aliphatic heterocycles. The highest BCUT2D eigenvalue weighted by Gasteiger charge is 2.19. The van der Waals surface area contributed by atoms with Crippen LogP contribution in [0.1, 0.15) is 30.2 Å². The number of carbonyl (C=O) groups is 1. The fourth-order valence-corrected chi connectivity index (χ4v) is 3.04. The normalized spacial score (nSPS) is 11.7. The molecule has 0 spiro atoms. The van der Waals surface area contributed by atoms with Gasteiger partial charge in [-0.1, -0.05) is 34.1 Å². The van der Waals surface area contributed by atoms with Gasteiger partial charge in [0.05, 0.1) is 11.1 Å². The van der Waals surface area contributed by atoms with Crippen molar-refractivity contribution in [1.82, 2.24) is 4.57 Å². The average Bonchev–Trinajstić information content (AvgIpc) is 2.86. The molecule has 0 bridgehead atoms. The third kappa shape index (κ3) is 3.15. The molecule has 128 valence electrons. The van der Waals surface area contributed by atoms with E-state index in [1.165, 1.54) is 12.1 Å². The van der Waals surface area contributed by atoms with Crippen molar-refractivity contribution in [2.75, 3.05) is 0 Å². The van der Waals surface area contributed by atoms with E-state index < -0.39 is 5.91 Å². The van der Waals surface area contributed by atoms with Gasteiger partial charge in [0, 0.05) is 15.9 Å². The summed E-state index contributed by atoms with van der Waals surface area (Å²) in [6.45, 7) is 3.88. The van der Waals surface area contributed by atoms with Crippen LogP contribution >= 0.6 is 15.9 Å². The third-order valence-electron chi connectivity index (χ3n) is 3.80. The maximum Gasteiger partial charge on any atom is 0.299 e. The molecule has 3 rings (SSSR count). The molecule has 0 aliphatic carbocycles. The van der Waals surface area contributed by atoms with Gasteiger partial charge in [0.2, 0.25) is 5.88 Å². The van der Waals surface area contributed by atoms with E-state index in [1.807, 2.05) is 38.1 Å². The Kier molecular flexibility index (Phi) is 4.59. The summed E-state index contributed by atoms with van der Waals surface area (Å²) in [4.78, 5) is 12.2. The van der Waals surface area contributed by atoms with Crippen LogP contribution in [0.5, 0.6) is 11.6 Å². The van der Waals surface area contributed by atoms with Crippen LogP contribution in [0.2, 0.25) is 0 Å². The van der Waals surface area contributed by atoms with Gasteiger partial charge in [-0.2, -0.15) is 0 Å². The lowest BCUT2D eigenvalue weighted by molar-refractivity contribution is 0.0992. The van der Waals surface area contributed by atoms with Gasteiger partial charge in [-0.3, -0.25) is 4.79 Å². The monoisotopic (exact) mass is 401 g/mol. The number of para-hydroxylation sites is 1. The van der Waals surface area contributed by atoms with Gasteiger partial charge < -0.3 is 14.8 Å². The number of phenolic OH excluding ortho intramolecular Hbond substituents is 1. The first-order chi connectivity index (χ1) is 11.9. The number of halogens is 1. The lowest BCUT2D eigenvalue weighted by Gasteiger charge is -2.10. The van der Waals surface area contributed by atoms with Crippen LogP contribution in [0.25, 0.3) is 10.9 Å². The topological polar surface area (TPSA) is 87.2 Å². The van der Waals surface area contributed by atoms with E-state index in [0.29, 0.717) is 9.86 Å². The van der Waals surface area contributed by atoms with E-state index in [9.17, 15) is 15.0 Å². The average molecular weight is 402 g/mol. The summed E-state index contributed by atoms with van der Waals surface area (Å²) >= 11 is 3.25. The van der Waals surface area contributed by atoms with Crippen molar-refractivity contribution < 1.29 is 15.0 Å². The molecule has 25 heavy (non-hydrogen) atoms. The Labute approximate surface area is 152 Å². The summed E-state index contributed by atoms with van der Waals surface area (Å²) in [5.41, 5.74) is 1.07. The molecule has 0 aliphatic rings. The van der Waals surface area contributed by atoms with Gasteiger partial charge >= 0.3 is 0 Å². The number of carbonyl (C=O) groups excluding carboxylic acids is 1. The number of azo groups is 1. The number of fused-ring (bicyclic) bond motifs is 1. The first-order valence-electron chi connectivity index (χ1n) is 7.66. The zero-order chi connectivity index (χ0) is 18.1. The minimum atomic E-state index is -0.695. The highest BCUT2D eigenvalue weighted by atomic mass is 79.9. The van der Waals surface area contributed by atoms with Crippen molar-refractivity contribution in [2.45, 2.75) is 19.9 Å². The van der Waals surface area contributed by atoms with Crippen molar-refractivity contribution >= 4 is 38.4 Å². The van der Waals surface area contributed by atoms with Crippen molar-refractivity contribution in [2.24, 2.45) is 10.2 Å². The summed E-state index contributed by atoms with van der Waals surface area (Å²) in [6.07, 6.45) is 0. The van der Waals surface area contributed by atoms with E-state index in [0.717, 1.165) is 5.52 Å². The smallest absolute Gasteiger partial charge is 0.299 e. The highest BCUT2D eigenvalue weighted by molar-refractivity contribution is 9.10. The highest BCUT2D eigenvalue weighted by Crippen LogP contribution is 2.40. The van der Waals surface area contributed by atoms with Gasteiger partial charge in [0.1, 0.15) is 5.75 Å². The quantitative estimate of drug-likeness (QED) is 0.582. The van der Waals surface area contributed by atoms with Gasteiger partial charge in [-0.05, 0) is 38.1 Å². The molecule has 0 saturated heterocycles. The van der Waals surface area contributed by atoms with Crippen LogP contribution in [0.4, 0.5) is 5.69 Å². The summed E-state index contributed by atoms with van der Waals surface area (Å²) in [5, 5.41) is 28.7. The second-order valence-electron chi connectivity index (χ2n) is 5.82. The molecule has 1 heterocycles. The van der Waals surface area contributed by atoms with Crippen molar-refractivity contribution in [3.8, 4) is 11.6 Å². The number of hydrogen-bond acceptors (Lipinski definition) is 4. The Morgan fingerprint density at radius 3 is 2.60 bits per heavy atom. The van der Waals surface area contributed by atoms with Gasteiger partial charge in [0.15, 0.2) is 5.69 Å². The largest absolute Gasteiger partial charge is 0.507 e. The predicted octanol–water partition coefficient (Wildman–Crippen LogP) is 5.32. The van der Waals surface area contributed by atoms with Gasteiger partial charge in [0.25, 0.3) is 5.91 Å². The molecular weight excluding hydrogens is 386 g/mol. The number of aromatic hydroxyl groups is 2. The number of rotatable bonds is 3. The molecule has 0 saturated carbocycles. The zero-order valence-electron chi connectivity index (χ0n) is 13.6. The SMILES string of the molecule is CC(C)n1c(O)c(N=NC(=O)c2cc(Br)ccc2O)c2ccccc21. The standard InChI is InChI=1S/C18H16BrN3O3/c1-10(2)22-14-6-4-3-5-12(14)16(18(22)25)20-21-17(24)13-9-11(19)7-8-15(13)23/h3-10,23,25H,1-2H3. The van der Waals surface area contributed by atoms with E-state index in [1.54, 1.807) is 10.6 Å². The Morgan fingerprint density at radius 2 is 1.88 bits per heavy atom. The Bertz CT molecular complexity index is 993. The summed E-state index contributed by atoms with van der Waals surface area (Å²) in [7, 11) is 0. The molecular formula is C18H16BrN3O3. The molecule has 7 heteroatoms. The molecule has 1 amide bonds. The molecule has 2 aromatic carbocycles. The van der Waals surface area contributed by atoms with E-state index in [-0.39, 0.29) is 28.9 Å². The van der Waals surface area contributed by atoms with Crippen LogP contribution in [-0.2, 0) is 0 Å². The van der Waals surface area contributed by atoms with Gasteiger partial charge in [-0.15, -0.1) is 10.2 Å². The number of hydrogen-bond donors (Lipinski definition) is 2.